The second-order valence-corrected chi connectivity index (χ2v) is 5.23. The summed E-state index contributed by atoms with van der Waals surface area (Å²) in [6.07, 6.45) is 6.12. The van der Waals surface area contributed by atoms with Crippen molar-refractivity contribution in [3.8, 4) is 0 Å². The van der Waals surface area contributed by atoms with Gasteiger partial charge in [-0.1, -0.05) is 23.7 Å². The lowest BCUT2D eigenvalue weighted by Gasteiger charge is -2.03. The number of nitrogen functional groups attached to an aromatic ring is 1. The van der Waals surface area contributed by atoms with Gasteiger partial charge in [-0.25, -0.2) is 9.97 Å². The minimum Gasteiger partial charge on any atom is -0.382 e. The number of benzene rings is 1. The van der Waals surface area contributed by atoms with Crippen LogP contribution in [0.5, 0.6) is 0 Å². The maximum absolute atomic E-state index is 12.1. The quantitative estimate of drug-likeness (QED) is 0.765. The molecule has 0 unspecified atom stereocenters. The third kappa shape index (κ3) is 3.64. The summed E-state index contributed by atoms with van der Waals surface area (Å²) in [5, 5.41) is 7.58. The molecule has 0 radical (unpaired) electrons. The van der Waals surface area contributed by atoms with E-state index in [0.717, 1.165) is 5.56 Å². The summed E-state index contributed by atoms with van der Waals surface area (Å²) in [5.74, 6) is -0.347. The molecular formula is C15H13ClN6O. The maximum atomic E-state index is 12.1. The molecule has 3 rings (SSSR count). The molecule has 2 aromatic heterocycles. The number of aromatic nitrogens is 4. The summed E-state index contributed by atoms with van der Waals surface area (Å²) in [4.78, 5) is 19.8. The minimum absolute atomic E-state index is 0.0814. The van der Waals surface area contributed by atoms with Crippen LogP contribution in [0.3, 0.4) is 0 Å². The molecule has 23 heavy (non-hydrogen) atoms. The Balaban J connectivity index is 1.69. The number of carbonyl (C=O) groups is 1. The van der Waals surface area contributed by atoms with Crippen molar-refractivity contribution in [3.63, 3.8) is 0 Å². The van der Waals surface area contributed by atoms with Gasteiger partial charge in [0.25, 0.3) is 5.91 Å². The second kappa shape index (κ2) is 6.45. The summed E-state index contributed by atoms with van der Waals surface area (Å²) in [6.45, 7) is 0.570. The topological polar surface area (TPSA) is 98.7 Å². The lowest BCUT2D eigenvalue weighted by molar-refractivity contribution is 0.102. The zero-order valence-corrected chi connectivity index (χ0v) is 12.7. The number of hydrogen-bond acceptors (Lipinski definition) is 5. The van der Waals surface area contributed by atoms with Gasteiger partial charge in [0, 0.05) is 23.6 Å². The highest BCUT2D eigenvalue weighted by Gasteiger charge is 2.13. The van der Waals surface area contributed by atoms with Crippen LogP contribution >= 0.6 is 11.6 Å². The molecule has 1 aromatic carbocycles. The molecule has 0 saturated heterocycles. The normalized spacial score (nSPS) is 10.5. The van der Waals surface area contributed by atoms with Gasteiger partial charge in [0.05, 0.1) is 18.4 Å². The van der Waals surface area contributed by atoms with E-state index in [1.807, 2.05) is 24.3 Å². The lowest BCUT2D eigenvalue weighted by Crippen LogP contribution is -2.16. The molecule has 116 valence electrons. The number of hydrogen-bond donors (Lipinski definition) is 2. The van der Waals surface area contributed by atoms with Crippen molar-refractivity contribution in [3.05, 3.63) is 65.3 Å². The molecule has 8 heteroatoms. The Morgan fingerprint density at radius 3 is 2.70 bits per heavy atom. The van der Waals surface area contributed by atoms with E-state index in [1.165, 1.54) is 12.4 Å². The van der Waals surface area contributed by atoms with Gasteiger partial charge in [0.2, 0.25) is 0 Å². The fourth-order valence-corrected chi connectivity index (χ4v) is 2.13. The molecule has 3 aromatic rings. The molecule has 0 aliphatic rings. The molecule has 0 fully saturated rings. The Kier molecular flexibility index (Phi) is 4.20. The maximum Gasteiger partial charge on any atom is 0.278 e. The lowest BCUT2D eigenvalue weighted by atomic mass is 10.2. The first-order chi connectivity index (χ1) is 11.1. The standard InChI is InChI=1S/C15H13ClN6O/c16-11-3-1-10(2-4-11)8-22-9-12(7-20-22)21-15(23)13-14(17)19-6-5-18-13/h1-7,9H,8H2,(H2,17,19)(H,21,23). The van der Waals surface area contributed by atoms with Gasteiger partial charge in [-0.05, 0) is 17.7 Å². The minimum atomic E-state index is -0.429. The van der Waals surface area contributed by atoms with Gasteiger partial charge in [0.15, 0.2) is 11.5 Å². The van der Waals surface area contributed by atoms with Crippen molar-refractivity contribution in [1.29, 1.82) is 0 Å². The molecule has 0 aliphatic heterocycles. The van der Waals surface area contributed by atoms with Crippen molar-refractivity contribution in [2.75, 3.05) is 11.1 Å². The number of halogens is 1. The van der Waals surface area contributed by atoms with Gasteiger partial charge in [-0.15, -0.1) is 0 Å². The molecule has 2 heterocycles. The highest BCUT2D eigenvalue weighted by Crippen LogP contribution is 2.13. The first-order valence-electron chi connectivity index (χ1n) is 6.76. The summed E-state index contributed by atoms with van der Waals surface area (Å²) in [6, 6.07) is 7.48. The van der Waals surface area contributed by atoms with Gasteiger partial charge in [-0.2, -0.15) is 5.10 Å². The van der Waals surface area contributed by atoms with E-state index in [0.29, 0.717) is 17.3 Å². The van der Waals surface area contributed by atoms with Gasteiger partial charge < -0.3 is 11.1 Å². The second-order valence-electron chi connectivity index (χ2n) is 4.80. The average molecular weight is 329 g/mol. The van der Waals surface area contributed by atoms with Crippen LogP contribution in [0.4, 0.5) is 11.5 Å². The van der Waals surface area contributed by atoms with Crippen LogP contribution in [0, 0.1) is 0 Å². The molecule has 1 amide bonds. The molecular weight excluding hydrogens is 316 g/mol. The van der Waals surface area contributed by atoms with Crippen LogP contribution in [0.15, 0.2) is 49.1 Å². The van der Waals surface area contributed by atoms with Crippen molar-refractivity contribution >= 4 is 29.0 Å². The fraction of sp³-hybridized carbons (Fsp3) is 0.0667. The van der Waals surface area contributed by atoms with E-state index in [1.54, 1.807) is 17.1 Å². The number of nitrogens with two attached hydrogens (primary N) is 1. The largest absolute Gasteiger partial charge is 0.382 e. The van der Waals surface area contributed by atoms with E-state index in [2.05, 4.69) is 20.4 Å². The van der Waals surface area contributed by atoms with Crippen molar-refractivity contribution in [1.82, 2.24) is 19.7 Å². The zero-order chi connectivity index (χ0) is 16.2. The molecule has 0 saturated carbocycles. The SMILES string of the molecule is Nc1nccnc1C(=O)Nc1cnn(Cc2ccc(Cl)cc2)c1. The molecule has 0 aliphatic carbocycles. The number of nitrogens with zero attached hydrogens (tertiary/aromatic N) is 4. The third-order valence-corrected chi connectivity index (χ3v) is 3.34. The van der Waals surface area contributed by atoms with E-state index in [-0.39, 0.29) is 11.5 Å². The van der Waals surface area contributed by atoms with Crippen LogP contribution < -0.4 is 11.1 Å². The van der Waals surface area contributed by atoms with Crippen molar-refractivity contribution in [2.45, 2.75) is 6.54 Å². The molecule has 7 nitrogen and oxygen atoms in total. The molecule has 3 N–H and O–H groups in total. The smallest absolute Gasteiger partial charge is 0.278 e. The van der Waals surface area contributed by atoms with Gasteiger partial charge >= 0.3 is 0 Å². The first kappa shape index (κ1) is 15.0. The Morgan fingerprint density at radius 1 is 1.22 bits per heavy atom. The van der Waals surface area contributed by atoms with Crippen LogP contribution in [0.1, 0.15) is 16.1 Å². The highest BCUT2D eigenvalue weighted by atomic mass is 35.5. The Morgan fingerprint density at radius 2 is 1.96 bits per heavy atom. The summed E-state index contributed by atoms with van der Waals surface area (Å²) in [5.41, 5.74) is 7.31. The zero-order valence-electron chi connectivity index (χ0n) is 12.0. The van der Waals surface area contributed by atoms with Crippen molar-refractivity contribution < 1.29 is 4.79 Å². The molecule has 0 bridgehead atoms. The van der Waals surface area contributed by atoms with Gasteiger partial charge in [-0.3, -0.25) is 9.48 Å². The number of rotatable bonds is 4. The van der Waals surface area contributed by atoms with Crippen LogP contribution in [0.2, 0.25) is 5.02 Å². The number of amides is 1. The van der Waals surface area contributed by atoms with E-state index in [9.17, 15) is 4.79 Å². The predicted octanol–water partition coefficient (Wildman–Crippen LogP) is 2.21. The highest BCUT2D eigenvalue weighted by molar-refractivity contribution is 6.30. The van der Waals surface area contributed by atoms with Crippen LogP contribution in [0.25, 0.3) is 0 Å². The van der Waals surface area contributed by atoms with Crippen molar-refractivity contribution in [2.24, 2.45) is 0 Å². The Hall–Kier alpha value is -2.93. The average Bonchev–Trinajstić information content (AvgIpc) is 2.97. The summed E-state index contributed by atoms with van der Waals surface area (Å²) < 4.78 is 1.71. The van der Waals surface area contributed by atoms with E-state index >= 15 is 0 Å². The molecule has 0 atom stereocenters. The number of nitrogens with one attached hydrogen (secondary N) is 1. The summed E-state index contributed by atoms with van der Waals surface area (Å²) >= 11 is 5.86. The Labute approximate surface area is 137 Å². The first-order valence-corrected chi connectivity index (χ1v) is 7.14. The Bertz CT molecular complexity index is 830. The third-order valence-electron chi connectivity index (χ3n) is 3.09. The van der Waals surface area contributed by atoms with E-state index in [4.69, 9.17) is 17.3 Å². The van der Waals surface area contributed by atoms with Crippen LogP contribution in [-0.2, 0) is 6.54 Å². The molecule has 0 spiro atoms. The number of anilines is 2. The fourth-order valence-electron chi connectivity index (χ4n) is 2.01. The monoisotopic (exact) mass is 328 g/mol. The number of carbonyl (C=O) groups excluding carboxylic acids is 1. The van der Waals surface area contributed by atoms with Gasteiger partial charge in [0.1, 0.15) is 0 Å². The van der Waals surface area contributed by atoms with E-state index < -0.39 is 5.91 Å². The summed E-state index contributed by atoms with van der Waals surface area (Å²) in [7, 11) is 0. The van der Waals surface area contributed by atoms with Crippen LogP contribution in [-0.4, -0.2) is 25.7 Å². The predicted molar refractivity (Wildman–Crippen MR) is 87.2 cm³/mol.